The average molecular weight is 224 g/mol. The Kier molecular flexibility index (Phi) is 6.83. The maximum atomic E-state index is 5.60. The van der Waals surface area contributed by atoms with E-state index in [1.54, 1.807) is 21.3 Å². The molecule has 0 saturated heterocycles. The molecular weight excluding hydrogens is 204 g/mol. The smallest absolute Gasteiger partial charge is 0.400 e. The van der Waals surface area contributed by atoms with Crippen LogP contribution in [0.1, 0.15) is 13.8 Å². The molecule has 0 aliphatic carbocycles. The first-order valence-electron chi connectivity index (χ1n) is 4.39. The predicted octanol–water partition coefficient (Wildman–Crippen LogP) is 0.536. The summed E-state index contributed by atoms with van der Waals surface area (Å²) in [5.74, 6) is 0.670. The van der Waals surface area contributed by atoms with Crippen molar-refractivity contribution in [3.05, 3.63) is 0 Å². The third-order valence-corrected chi connectivity index (χ3v) is 6.85. The summed E-state index contributed by atoms with van der Waals surface area (Å²) in [5.41, 5.74) is 0. The van der Waals surface area contributed by atoms with E-state index < -0.39 is 18.8 Å². The zero-order valence-electron chi connectivity index (χ0n) is 9.12. The molecule has 80 valence electrons. The molecular formula is C7H20O4Si2. The fourth-order valence-electron chi connectivity index (χ4n) is 0.846. The predicted molar refractivity (Wildman–Crippen MR) is 56.1 cm³/mol. The fraction of sp³-hybridized carbons (Fsp3) is 1.00. The highest BCUT2D eigenvalue weighted by Gasteiger charge is 2.41. The molecule has 0 aromatic rings. The number of rotatable bonds is 7. The first-order valence-corrected chi connectivity index (χ1v) is 7.60. The SMILES string of the molecule is CO[Si](OC)(OC)O[SiH2]CC(C)C. The molecule has 0 spiro atoms. The van der Waals surface area contributed by atoms with Crippen molar-refractivity contribution in [3.8, 4) is 0 Å². The summed E-state index contributed by atoms with van der Waals surface area (Å²) in [5, 5.41) is 0. The molecule has 0 bridgehead atoms. The monoisotopic (exact) mass is 224 g/mol. The lowest BCUT2D eigenvalue weighted by Crippen LogP contribution is -2.47. The Labute approximate surface area is 84.0 Å². The third kappa shape index (κ3) is 4.89. The van der Waals surface area contributed by atoms with Crippen LogP contribution in [-0.4, -0.2) is 40.1 Å². The standard InChI is InChI=1S/C7H20O4Si2/c1-7(2)6-12-11-13(8-3,9-4)10-5/h7H,6,12H2,1-5H3. The van der Waals surface area contributed by atoms with Gasteiger partial charge in [0, 0.05) is 21.3 Å². The lowest BCUT2D eigenvalue weighted by molar-refractivity contribution is 0.0521. The Balaban J connectivity index is 3.81. The molecule has 0 radical (unpaired) electrons. The molecule has 0 aromatic heterocycles. The lowest BCUT2D eigenvalue weighted by Gasteiger charge is -2.23. The molecule has 0 unspecified atom stereocenters. The van der Waals surface area contributed by atoms with E-state index in [9.17, 15) is 0 Å². The highest BCUT2D eigenvalue weighted by molar-refractivity contribution is 6.60. The average Bonchev–Trinajstić information content (AvgIpc) is 2.13. The highest BCUT2D eigenvalue weighted by atomic mass is 28.4. The zero-order valence-corrected chi connectivity index (χ0v) is 11.5. The van der Waals surface area contributed by atoms with E-state index in [4.69, 9.17) is 17.4 Å². The minimum absolute atomic E-state index is 0.587. The fourth-order valence-corrected chi connectivity index (χ4v) is 4.70. The van der Waals surface area contributed by atoms with E-state index in [1.807, 2.05) is 0 Å². The summed E-state index contributed by atoms with van der Waals surface area (Å²) in [6, 6.07) is 1.12. The highest BCUT2D eigenvalue weighted by Crippen LogP contribution is 2.09. The molecule has 13 heavy (non-hydrogen) atoms. The van der Waals surface area contributed by atoms with E-state index in [0.717, 1.165) is 6.04 Å². The second-order valence-corrected chi connectivity index (χ2v) is 7.51. The molecule has 6 heteroatoms. The molecule has 0 rings (SSSR count). The first-order chi connectivity index (χ1) is 6.10. The van der Waals surface area contributed by atoms with Crippen molar-refractivity contribution in [2.75, 3.05) is 21.3 Å². The van der Waals surface area contributed by atoms with Gasteiger partial charge in [0.1, 0.15) is 0 Å². The Morgan fingerprint density at radius 1 is 1.08 bits per heavy atom. The van der Waals surface area contributed by atoms with Gasteiger partial charge in [0.2, 0.25) is 0 Å². The Bertz CT molecular complexity index is 119. The minimum Gasteiger partial charge on any atom is -0.400 e. The Morgan fingerprint density at radius 3 is 1.85 bits per heavy atom. The van der Waals surface area contributed by atoms with Crippen LogP contribution in [-0.2, 0) is 17.4 Å². The summed E-state index contributed by atoms with van der Waals surface area (Å²) in [7, 11) is 1.37. The summed E-state index contributed by atoms with van der Waals surface area (Å²) >= 11 is 0. The van der Waals surface area contributed by atoms with Crippen LogP contribution in [0.3, 0.4) is 0 Å². The van der Waals surface area contributed by atoms with Gasteiger partial charge in [-0.25, -0.2) is 0 Å². The molecule has 0 aromatic carbocycles. The number of hydrogen-bond donors (Lipinski definition) is 0. The van der Waals surface area contributed by atoms with E-state index in [1.165, 1.54) is 0 Å². The minimum atomic E-state index is -2.72. The van der Waals surface area contributed by atoms with E-state index in [0.29, 0.717) is 5.92 Å². The molecule has 0 fully saturated rings. The van der Waals surface area contributed by atoms with Crippen LogP contribution in [0.4, 0.5) is 0 Å². The molecule has 0 atom stereocenters. The summed E-state index contributed by atoms with van der Waals surface area (Å²) in [4.78, 5) is 0. The maximum Gasteiger partial charge on any atom is 0.667 e. The summed E-state index contributed by atoms with van der Waals surface area (Å²) < 4.78 is 21.0. The Hall–Kier alpha value is 0.274. The second-order valence-electron chi connectivity index (χ2n) is 3.14. The van der Waals surface area contributed by atoms with Crippen molar-refractivity contribution in [3.63, 3.8) is 0 Å². The van der Waals surface area contributed by atoms with Gasteiger partial charge in [-0.2, -0.15) is 0 Å². The van der Waals surface area contributed by atoms with Crippen LogP contribution >= 0.6 is 0 Å². The van der Waals surface area contributed by atoms with Gasteiger partial charge >= 0.3 is 9.05 Å². The van der Waals surface area contributed by atoms with Crippen molar-refractivity contribution in [2.24, 2.45) is 5.92 Å². The van der Waals surface area contributed by atoms with Gasteiger partial charge in [-0.15, -0.1) is 0 Å². The van der Waals surface area contributed by atoms with Crippen LogP contribution in [0.5, 0.6) is 0 Å². The van der Waals surface area contributed by atoms with E-state index in [-0.39, 0.29) is 0 Å². The Morgan fingerprint density at radius 2 is 1.54 bits per heavy atom. The van der Waals surface area contributed by atoms with Gasteiger partial charge in [-0.1, -0.05) is 13.8 Å². The van der Waals surface area contributed by atoms with Crippen molar-refractivity contribution in [1.82, 2.24) is 0 Å². The van der Waals surface area contributed by atoms with E-state index >= 15 is 0 Å². The van der Waals surface area contributed by atoms with Crippen LogP contribution in [0.15, 0.2) is 0 Å². The van der Waals surface area contributed by atoms with Gasteiger partial charge in [-0.3, -0.25) is 0 Å². The normalized spacial score (nSPS) is 13.4. The van der Waals surface area contributed by atoms with Gasteiger partial charge in [0.15, 0.2) is 9.76 Å². The van der Waals surface area contributed by atoms with Gasteiger partial charge < -0.3 is 17.4 Å². The van der Waals surface area contributed by atoms with Crippen molar-refractivity contribution in [2.45, 2.75) is 19.9 Å². The van der Waals surface area contributed by atoms with Crippen LogP contribution < -0.4 is 0 Å². The van der Waals surface area contributed by atoms with Crippen molar-refractivity contribution >= 4 is 18.8 Å². The molecule has 0 saturated carbocycles. The van der Waals surface area contributed by atoms with Crippen LogP contribution in [0.2, 0.25) is 6.04 Å². The second kappa shape index (κ2) is 6.69. The van der Waals surface area contributed by atoms with E-state index in [2.05, 4.69) is 13.8 Å². The van der Waals surface area contributed by atoms with Gasteiger partial charge in [-0.05, 0) is 12.0 Å². The quantitative estimate of drug-likeness (QED) is 0.591. The van der Waals surface area contributed by atoms with Crippen molar-refractivity contribution in [1.29, 1.82) is 0 Å². The zero-order chi connectivity index (χ0) is 10.3. The summed E-state index contributed by atoms with van der Waals surface area (Å²) in [6.45, 7) is 4.35. The van der Waals surface area contributed by atoms with Crippen LogP contribution in [0.25, 0.3) is 0 Å². The topological polar surface area (TPSA) is 36.9 Å². The molecule has 4 nitrogen and oxygen atoms in total. The molecule has 0 N–H and O–H groups in total. The third-order valence-electron chi connectivity index (χ3n) is 1.72. The first kappa shape index (κ1) is 13.3. The summed E-state index contributed by atoms with van der Waals surface area (Å²) in [6.07, 6.45) is 0. The molecule has 0 aliphatic rings. The van der Waals surface area contributed by atoms with Gasteiger partial charge in [0.05, 0.1) is 0 Å². The molecule has 0 aliphatic heterocycles. The molecule has 0 amide bonds. The number of hydrogen-bond acceptors (Lipinski definition) is 4. The maximum absolute atomic E-state index is 5.60. The molecule has 0 heterocycles. The van der Waals surface area contributed by atoms with Crippen molar-refractivity contribution < 1.29 is 17.4 Å². The van der Waals surface area contributed by atoms with Gasteiger partial charge in [0.25, 0.3) is 0 Å². The largest absolute Gasteiger partial charge is 0.667 e. The van der Waals surface area contributed by atoms with Crippen LogP contribution in [0, 0.1) is 5.92 Å². The lowest BCUT2D eigenvalue weighted by atomic mass is 10.3.